The maximum absolute atomic E-state index is 14.2. The van der Waals surface area contributed by atoms with Crippen molar-refractivity contribution in [3.8, 4) is 11.5 Å². The number of aryl methyl sites for hydroxylation is 2. The molecule has 6 heteroatoms. The highest BCUT2D eigenvalue weighted by molar-refractivity contribution is 6.03. The Labute approximate surface area is 229 Å². The third-order valence-electron chi connectivity index (χ3n) is 7.97. The van der Waals surface area contributed by atoms with Gasteiger partial charge < -0.3 is 15.4 Å². The van der Waals surface area contributed by atoms with Crippen molar-refractivity contribution >= 4 is 23.5 Å². The molecule has 1 spiro atoms. The van der Waals surface area contributed by atoms with E-state index in [-0.39, 0.29) is 5.91 Å². The zero-order valence-electron chi connectivity index (χ0n) is 22.7. The fourth-order valence-electron chi connectivity index (χ4n) is 6.01. The molecular formula is C33H32N4O2. The van der Waals surface area contributed by atoms with Crippen molar-refractivity contribution in [2.45, 2.75) is 33.2 Å². The van der Waals surface area contributed by atoms with Crippen LogP contribution in [0.15, 0.2) is 84.0 Å². The molecule has 39 heavy (non-hydrogen) atoms. The molecule has 0 aromatic heterocycles. The van der Waals surface area contributed by atoms with Gasteiger partial charge in [-0.05, 0) is 62.6 Å². The van der Waals surface area contributed by atoms with Crippen molar-refractivity contribution in [2.75, 3.05) is 23.7 Å². The number of amides is 1. The summed E-state index contributed by atoms with van der Waals surface area (Å²) in [6.07, 6.45) is 1.78. The van der Waals surface area contributed by atoms with E-state index < -0.39 is 5.54 Å². The van der Waals surface area contributed by atoms with Crippen LogP contribution in [0.25, 0.3) is 0 Å². The van der Waals surface area contributed by atoms with Gasteiger partial charge in [0.1, 0.15) is 17.0 Å². The van der Waals surface area contributed by atoms with E-state index in [0.717, 1.165) is 52.2 Å². The molecule has 0 saturated carbocycles. The Morgan fingerprint density at radius 1 is 0.872 bits per heavy atom. The summed E-state index contributed by atoms with van der Waals surface area (Å²) >= 11 is 0. The third-order valence-corrected chi connectivity index (χ3v) is 7.97. The van der Waals surface area contributed by atoms with Crippen molar-refractivity contribution in [1.29, 1.82) is 0 Å². The van der Waals surface area contributed by atoms with E-state index in [1.807, 2.05) is 73.7 Å². The van der Waals surface area contributed by atoms with Gasteiger partial charge in [0.25, 0.3) is 5.91 Å². The monoisotopic (exact) mass is 516 g/mol. The van der Waals surface area contributed by atoms with E-state index in [1.54, 1.807) is 11.2 Å². The first-order chi connectivity index (χ1) is 18.9. The molecule has 1 unspecified atom stereocenters. The minimum Gasteiger partial charge on any atom is -0.456 e. The summed E-state index contributed by atoms with van der Waals surface area (Å²) in [7, 11) is 0. The molecular weight excluding hydrogens is 484 g/mol. The molecule has 0 bridgehead atoms. The minimum absolute atomic E-state index is 0.156. The molecule has 2 heterocycles. The number of anilines is 2. The number of fused-ring (bicyclic) bond motifs is 6. The summed E-state index contributed by atoms with van der Waals surface area (Å²) in [5.74, 6) is 1.16. The summed E-state index contributed by atoms with van der Waals surface area (Å²) in [6.45, 7) is 10.2. The van der Waals surface area contributed by atoms with E-state index in [4.69, 9.17) is 15.6 Å². The summed E-state index contributed by atoms with van der Waals surface area (Å²) in [6, 6.07) is 25.7. The number of hydrogen-bond donors (Lipinski definition) is 1. The Hall–Kier alpha value is -4.58. The van der Waals surface area contributed by atoms with E-state index in [0.29, 0.717) is 22.7 Å². The van der Waals surface area contributed by atoms with Crippen molar-refractivity contribution in [2.24, 2.45) is 5.10 Å². The van der Waals surface area contributed by atoms with Crippen LogP contribution < -0.4 is 15.4 Å². The van der Waals surface area contributed by atoms with Crippen LogP contribution in [0.5, 0.6) is 11.5 Å². The van der Waals surface area contributed by atoms with Gasteiger partial charge in [0.15, 0.2) is 0 Å². The van der Waals surface area contributed by atoms with Crippen LogP contribution in [0.3, 0.4) is 0 Å². The molecule has 196 valence electrons. The number of carbonyl (C=O) groups is 1. The molecule has 6 rings (SSSR count). The van der Waals surface area contributed by atoms with Gasteiger partial charge in [-0.3, -0.25) is 4.79 Å². The summed E-state index contributed by atoms with van der Waals surface area (Å²) in [5, 5.41) is 6.56. The molecule has 4 aromatic carbocycles. The van der Waals surface area contributed by atoms with E-state index in [2.05, 4.69) is 37.8 Å². The van der Waals surface area contributed by atoms with Crippen molar-refractivity contribution in [1.82, 2.24) is 5.01 Å². The molecule has 0 aliphatic carbocycles. The Kier molecular flexibility index (Phi) is 5.91. The highest BCUT2D eigenvalue weighted by Crippen LogP contribution is 2.58. The third kappa shape index (κ3) is 3.62. The van der Waals surface area contributed by atoms with Crippen molar-refractivity contribution in [3.05, 3.63) is 118 Å². The Balaban J connectivity index is 1.68. The number of nitrogens with two attached hydrogens (primary N) is 1. The van der Waals surface area contributed by atoms with Crippen LogP contribution in [0.4, 0.5) is 11.4 Å². The van der Waals surface area contributed by atoms with Gasteiger partial charge in [0.2, 0.25) is 0 Å². The Bertz CT molecular complexity index is 1640. The molecule has 0 fully saturated rings. The second-order valence-corrected chi connectivity index (χ2v) is 10.1. The van der Waals surface area contributed by atoms with Gasteiger partial charge >= 0.3 is 0 Å². The van der Waals surface area contributed by atoms with Gasteiger partial charge in [-0.25, -0.2) is 5.01 Å². The standard InChI is InChI=1S/C33H32N4O2/c1-5-36(6-2)29-19-31-28(17-22(29)4)33(27-16-15-24(34)18-30(27)39-31)26-14-10-9-13-25(26)32(38)37(33)35-20-23-12-8-7-11-21(23)3/h7-20H,5-6,34H2,1-4H3/b35-20+. The smallest absolute Gasteiger partial charge is 0.275 e. The fourth-order valence-corrected chi connectivity index (χ4v) is 6.01. The van der Waals surface area contributed by atoms with E-state index >= 15 is 0 Å². The van der Waals surface area contributed by atoms with Gasteiger partial charge in [-0.2, -0.15) is 5.10 Å². The maximum atomic E-state index is 14.2. The number of nitrogen functional groups attached to an aromatic ring is 1. The quantitative estimate of drug-likeness (QED) is 0.239. The molecule has 0 radical (unpaired) electrons. The predicted octanol–water partition coefficient (Wildman–Crippen LogP) is 6.62. The lowest BCUT2D eigenvalue weighted by atomic mass is 9.74. The van der Waals surface area contributed by atoms with Gasteiger partial charge in [-0.1, -0.05) is 48.5 Å². The molecule has 2 N–H and O–H groups in total. The molecule has 0 saturated heterocycles. The molecule has 2 aliphatic heterocycles. The number of rotatable bonds is 5. The zero-order valence-corrected chi connectivity index (χ0v) is 22.7. The second kappa shape index (κ2) is 9.31. The van der Waals surface area contributed by atoms with Crippen LogP contribution in [0.1, 0.15) is 57.6 Å². The Morgan fingerprint density at radius 2 is 1.59 bits per heavy atom. The number of hydrogen-bond acceptors (Lipinski definition) is 5. The first-order valence-corrected chi connectivity index (χ1v) is 13.4. The van der Waals surface area contributed by atoms with Gasteiger partial charge in [-0.15, -0.1) is 0 Å². The van der Waals surface area contributed by atoms with E-state index in [9.17, 15) is 4.79 Å². The number of hydrazone groups is 1. The van der Waals surface area contributed by atoms with Crippen molar-refractivity contribution < 1.29 is 9.53 Å². The number of ether oxygens (including phenoxy) is 1. The highest BCUT2D eigenvalue weighted by atomic mass is 16.5. The van der Waals surface area contributed by atoms with Crippen LogP contribution in [0, 0.1) is 13.8 Å². The van der Waals surface area contributed by atoms with Crippen LogP contribution in [0.2, 0.25) is 0 Å². The number of nitrogens with zero attached hydrogens (tertiary/aromatic N) is 3. The zero-order chi connectivity index (χ0) is 27.3. The molecule has 2 aliphatic rings. The lowest BCUT2D eigenvalue weighted by molar-refractivity contribution is 0.0675. The molecule has 1 amide bonds. The topological polar surface area (TPSA) is 71.2 Å². The maximum Gasteiger partial charge on any atom is 0.275 e. The van der Waals surface area contributed by atoms with Gasteiger partial charge in [0, 0.05) is 58.9 Å². The summed E-state index contributed by atoms with van der Waals surface area (Å²) < 4.78 is 6.56. The van der Waals surface area contributed by atoms with Gasteiger partial charge in [0.05, 0.1) is 6.21 Å². The average Bonchev–Trinajstić information content (AvgIpc) is 3.18. The number of carbonyl (C=O) groups excluding carboxylic acids is 1. The normalized spacial score (nSPS) is 17.2. The van der Waals surface area contributed by atoms with Crippen molar-refractivity contribution in [3.63, 3.8) is 0 Å². The first kappa shape index (κ1) is 24.7. The number of benzene rings is 4. The molecule has 6 nitrogen and oxygen atoms in total. The lowest BCUT2D eigenvalue weighted by Gasteiger charge is -2.42. The largest absolute Gasteiger partial charge is 0.456 e. The average molecular weight is 517 g/mol. The van der Waals surface area contributed by atoms with E-state index in [1.165, 1.54) is 0 Å². The Morgan fingerprint density at radius 3 is 2.36 bits per heavy atom. The predicted molar refractivity (Wildman–Crippen MR) is 157 cm³/mol. The minimum atomic E-state index is -1.02. The SMILES string of the molecule is CCN(CC)c1cc2c(cc1C)C1(c3ccc(N)cc3O2)c2ccccc2C(=O)N1/N=C/c1ccccc1C. The van der Waals surface area contributed by atoms with Crippen LogP contribution in [-0.4, -0.2) is 30.2 Å². The molecule has 4 aromatic rings. The summed E-state index contributed by atoms with van der Waals surface area (Å²) in [5.41, 5.74) is 13.3. The van der Waals surface area contributed by atoms with Crippen LogP contribution >= 0.6 is 0 Å². The first-order valence-electron chi connectivity index (χ1n) is 13.4. The second-order valence-electron chi connectivity index (χ2n) is 10.1. The molecule has 1 atom stereocenters. The highest BCUT2D eigenvalue weighted by Gasteiger charge is 2.57. The fraction of sp³-hybridized carbons (Fsp3) is 0.212. The van der Waals surface area contributed by atoms with Crippen LogP contribution in [-0.2, 0) is 5.54 Å². The summed E-state index contributed by atoms with van der Waals surface area (Å²) in [4.78, 5) is 16.5. The lowest BCUT2D eigenvalue weighted by Crippen LogP contribution is -2.44.